The molecule has 0 bridgehead atoms. The summed E-state index contributed by atoms with van der Waals surface area (Å²) in [7, 11) is 0. The molecule has 0 amide bonds. The van der Waals surface area contributed by atoms with Gasteiger partial charge in [0.05, 0.1) is 5.69 Å². The largest absolute Gasteiger partial charge is 0.245 e. The minimum Gasteiger partial charge on any atom is -0.245 e. The van der Waals surface area contributed by atoms with Crippen LogP contribution in [0.4, 0.5) is 0 Å². The fourth-order valence-electron chi connectivity index (χ4n) is 3.31. The van der Waals surface area contributed by atoms with Crippen LogP contribution in [-0.4, -0.2) is 4.98 Å². The van der Waals surface area contributed by atoms with Gasteiger partial charge in [-0.25, -0.2) is 4.98 Å². The Kier molecular flexibility index (Phi) is 3.93. The Morgan fingerprint density at radius 2 is 1.75 bits per heavy atom. The SMILES string of the molecule is CC(C)c1csc(C2(c3ccccc3)CCCCC2)n1. The van der Waals surface area contributed by atoms with Gasteiger partial charge in [0.25, 0.3) is 0 Å². The molecule has 0 unspecified atom stereocenters. The van der Waals surface area contributed by atoms with Gasteiger partial charge in [0, 0.05) is 10.8 Å². The molecule has 0 N–H and O–H groups in total. The summed E-state index contributed by atoms with van der Waals surface area (Å²) < 4.78 is 0. The lowest BCUT2D eigenvalue weighted by Gasteiger charge is -2.36. The van der Waals surface area contributed by atoms with Crippen molar-refractivity contribution >= 4 is 11.3 Å². The minimum atomic E-state index is 0.178. The van der Waals surface area contributed by atoms with E-state index in [0.29, 0.717) is 5.92 Å². The molecule has 1 aliphatic carbocycles. The summed E-state index contributed by atoms with van der Waals surface area (Å²) in [5, 5.41) is 3.60. The predicted octanol–water partition coefficient (Wildman–Crippen LogP) is 5.52. The highest BCUT2D eigenvalue weighted by atomic mass is 32.1. The zero-order valence-corrected chi connectivity index (χ0v) is 13.2. The third-order valence-electron chi connectivity index (χ3n) is 4.56. The summed E-state index contributed by atoms with van der Waals surface area (Å²) in [6.45, 7) is 4.46. The van der Waals surface area contributed by atoms with E-state index in [9.17, 15) is 0 Å². The maximum atomic E-state index is 5.00. The normalized spacial score (nSPS) is 18.4. The van der Waals surface area contributed by atoms with Crippen LogP contribution in [0.5, 0.6) is 0 Å². The van der Waals surface area contributed by atoms with Gasteiger partial charge >= 0.3 is 0 Å². The van der Waals surface area contributed by atoms with E-state index >= 15 is 0 Å². The summed E-state index contributed by atoms with van der Waals surface area (Å²) in [4.78, 5) is 5.00. The highest BCUT2D eigenvalue weighted by Gasteiger charge is 2.38. The third-order valence-corrected chi connectivity index (χ3v) is 5.62. The molecule has 0 aliphatic heterocycles. The second kappa shape index (κ2) is 5.69. The van der Waals surface area contributed by atoms with Crippen LogP contribution in [-0.2, 0) is 5.41 Å². The number of aromatic nitrogens is 1. The Morgan fingerprint density at radius 1 is 1.05 bits per heavy atom. The lowest BCUT2D eigenvalue weighted by Crippen LogP contribution is -2.30. The Bertz CT molecular complexity index is 550. The molecule has 0 spiro atoms. The van der Waals surface area contributed by atoms with Crippen molar-refractivity contribution in [3.05, 3.63) is 52.0 Å². The quantitative estimate of drug-likeness (QED) is 0.724. The first kappa shape index (κ1) is 13.8. The van der Waals surface area contributed by atoms with Crippen LogP contribution in [0.2, 0.25) is 0 Å². The fraction of sp³-hybridized carbons (Fsp3) is 0.500. The second-order valence-corrected chi connectivity index (χ2v) is 7.10. The molecule has 1 aromatic carbocycles. The standard InChI is InChI=1S/C18H23NS/c1-14(2)16-13-20-17(19-16)18(11-7-4-8-12-18)15-9-5-3-6-10-15/h3,5-6,9-10,13-14H,4,7-8,11-12H2,1-2H3. The average Bonchev–Trinajstić information content (AvgIpc) is 2.99. The summed E-state index contributed by atoms with van der Waals surface area (Å²) in [5.41, 5.74) is 2.90. The van der Waals surface area contributed by atoms with Gasteiger partial charge in [-0.2, -0.15) is 0 Å². The molecule has 1 aromatic heterocycles. The second-order valence-electron chi connectivity index (χ2n) is 6.24. The summed E-state index contributed by atoms with van der Waals surface area (Å²) in [6, 6.07) is 11.0. The molecule has 2 heteroatoms. The molecule has 106 valence electrons. The zero-order chi connectivity index (χ0) is 14.0. The Hall–Kier alpha value is -1.15. The molecule has 0 radical (unpaired) electrons. The van der Waals surface area contributed by atoms with Gasteiger partial charge in [0.1, 0.15) is 5.01 Å². The number of thiazole rings is 1. The molecule has 1 saturated carbocycles. The van der Waals surface area contributed by atoms with Crippen LogP contribution in [0.25, 0.3) is 0 Å². The lowest BCUT2D eigenvalue weighted by atomic mass is 9.70. The van der Waals surface area contributed by atoms with Gasteiger partial charge in [0.15, 0.2) is 0 Å². The predicted molar refractivity (Wildman–Crippen MR) is 86.5 cm³/mol. The number of benzene rings is 1. The van der Waals surface area contributed by atoms with E-state index in [-0.39, 0.29) is 5.41 Å². The Balaban J connectivity index is 2.05. The molecule has 3 rings (SSSR count). The molecule has 0 atom stereocenters. The molecule has 1 aliphatic rings. The van der Waals surface area contributed by atoms with Crippen molar-refractivity contribution in [1.82, 2.24) is 4.98 Å². The molecule has 1 nitrogen and oxygen atoms in total. The number of rotatable bonds is 3. The van der Waals surface area contributed by atoms with Crippen molar-refractivity contribution < 1.29 is 0 Å². The highest BCUT2D eigenvalue weighted by Crippen LogP contribution is 2.46. The van der Waals surface area contributed by atoms with Crippen molar-refractivity contribution in [2.24, 2.45) is 0 Å². The van der Waals surface area contributed by atoms with E-state index in [4.69, 9.17) is 4.98 Å². The summed E-state index contributed by atoms with van der Waals surface area (Å²) in [5.74, 6) is 0.524. The average molecular weight is 285 g/mol. The Morgan fingerprint density at radius 3 is 2.35 bits per heavy atom. The molecule has 0 saturated heterocycles. The monoisotopic (exact) mass is 285 g/mol. The van der Waals surface area contributed by atoms with Crippen molar-refractivity contribution in [2.75, 3.05) is 0 Å². The number of hydrogen-bond donors (Lipinski definition) is 0. The van der Waals surface area contributed by atoms with E-state index in [0.717, 1.165) is 0 Å². The minimum absolute atomic E-state index is 0.178. The van der Waals surface area contributed by atoms with Crippen molar-refractivity contribution in [3.8, 4) is 0 Å². The maximum absolute atomic E-state index is 5.00. The van der Waals surface area contributed by atoms with Crippen LogP contribution in [0, 0.1) is 0 Å². The maximum Gasteiger partial charge on any atom is 0.103 e. The van der Waals surface area contributed by atoms with Crippen LogP contribution in [0.1, 0.15) is 68.1 Å². The smallest absolute Gasteiger partial charge is 0.103 e. The van der Waals surface area contributed by atoms with E-state index in [1.54, 1.807) is 0 Å². The van der Waals surface area contributed by atoms with Gasteiger partial charge in [0.2, 0.25) is 0 Å². The molecule has 20 heavy (non-hydrogen) atoms. The van der Waals surface area contributed by atoms with Gasteiger partial charge < -0.3 is 0 Å². The first-order valence-corrected chi connectivity index (χ1v) is 8.62. The van der Waals surface area contributed by atoms with Crippen LogP contribution in [0.15, 0.2) is 35.7 Å². The van der Waals surface area contributed by atoms with Gasteiger partial charge in [-0.15, -0.1) is 11.3 Å². The molecule has 2 aromatic rings. The first-order valence-electron chi connectivity index (χ1n) is 7.74. The molecular weight excluding hydrogens is 262 g/mol. The van der Waals surface area contributed by atoms with Crippen LogP contribution < -0.4 is 0 Å². The number of nitrogens with zero attached hydrogens (tertiary/aromatic N) is 1. The summed E-state index contributed by atoms with van der Waals surface area (Å²) in [6.07, 6.45) is 6.53. The van der Waals surface area contributed by atoms with E-state index in [1.807, 2.05) is 11.3 Å². The van der Waals surface area contributed by atoms with E-state index < -0.39 is 0 Å². The lowest BCUT2D eigenvalue weighted by molar-refractivity contribution is 0.344. The van der Waals surface area contributed by atoms with Gasteiger partial charge in [-0.05, 0) is 24.3 Å². The van der Waals surface area contributed by atoms with E-state index in [2.05, 4.69) is 49.6 Å². The molecule has 1 heterocycles. The zero-order valence-electron chi connectivity index (χ0n) is 12.4. The third kappa shape index (κ3) is 2.42. The van der Waals surface area contributed by atoms with Gasteiger partial charge in [-0.3, -0.25) is 0 Å². The highest BCUT2D eigenvalue weighted by molar-refractivity contribution is 7.09. The van der Waals surface area contributed by atoms with E-state index in [1.165, 1.54) is 48.4 Å². The van der Waals surface area contributed by atoms with Crippen molar-refractivity contribution in [3.63, 3.8) is 0 Å². The fourth-order valence-corrected chi connectivity index (χ4v) is 4.57. The number of hydrogen-bond acceptors (Lipinski definition) is 2. The van der Waals surface area contributed by atoms with Crippen molar-refractivity contribution in [2.45, 2.75) is 57.3 Å². The van der Waals surface area contributed by atoms with Gasteiger partial charge in [-0.1, -0.05) is 63.4 Å². The first-order chi connectivity index (χ1) is 9.72. The summed E-state index contributed by atoms with van der Waals surface area (Å²) >= 11 is 1.87. The van der Waals surface area contributed by atoms with Crippen LogP contribution >= 0.6 is 11.3 Å². The van der Waals surface area contributed by atoms with Crippen LogP contribution in [0.3, 0.4) is 0 Å². The molecular formula is C18H23NS. The topological polar surface area (TPSA) is 12.9 Å². The molecule has 1 fully saturated rings. The Labute approximate surface area is 126 Å². The van der Waals surface area contributed by atoms with Crippen molar-refractivity contribution in [1.29, 1.82) is 0 Å².